The van der Waals surface area contributed by atoms with Crippen LogP contribution in [0.2, 0.25) is 0 Å². The van der Waals surface area contributed by atoms with E-state index in [9.17, 15) is 43.2 Å². The van der Waals surface area contributed by atoms with E-state index in [0.717, 1.165) is 114 Å². The molecule has 19 heteroatoms. The summed E-state index contributed by atoms with van der Waals surface area (Å²) in [5, 5.41) is 10.5. The van der Waals surface area contributed by atoms with Gasteiger partial charge in [0.25, 0.3) is 0 Å². The molecule has 0 saturated carbocycles. The lowest BCUT2D eigenvalue weighted by molar-refractivity contribution is -0.161. The van der Waals surface area contributed by atoms with Crippen molar-refractivity contribution in [2.75, 3.05) is 39.6 Å². The predicted molar refractivity (Wildman–Crippen MR) is 331 cm³/mol. The highest BCUT2D eigenvalue weighted by Gasteiger charge is 2.30. The Kier molecular flexibility index (Phi) is 54.1. The Hall–Kier alpha value is -1.94. The summed E-state index contributed by atoms with van der Waals surface area (Å²) in [6.45, 7) is 11.7. The first-order valence-corrected chi connectivity index (χ1v) is 36.4. The van der Waals surface area contributed by atoms with Gasteiger partial charge in [-0.05, 0) is 43.4 Å². The molecule has 0 aromatic heterocycles. The number of hydrogen-bond donors (Lipinski definition) is 3. The molecule has 492 valence electrons. The molecule has 0 radical (unpaired) electrons. The molecule has 0 saturated heterocycles. The Balaban J connectivity index is 5.19. The highest BCUT2D eigenvalue weighted by Crippen LogP contribution is 2.45. The van der Waals surface area contributed by atoms with Gasteiger partial charge < -0.3 is 33.8 Å². The predicted octanol–water partition coefficient (Wildman–Crippen LogP) is 17.5. The first kappa shape index (κ1) is 81.1. The highest BCUT2D eigenvalue weighted by molar-refractivity contribution is 7.47. The lowest BCUT2D eigenvalue weighted by Gasteiger charge is -2.21. The van der Waals surface area contributed by atoms with E-state index >= 15 is 0 Å². The number of phosphoric acid groups is 2. The summed E-state index contributed by atoms with van der Waals surface area (Å²) >= 11 is 0. The van der Waals surface area contributed by atoms with Crippen molar-refractivity contribution in [2.24, 2.45) is 17.8 Å². The Bertz CT molecular complexity index is 1650. The zero-order chi connectivity index (χ0) is 61.7. The van der Waals surface area contributed by atoms with Crippen molar-refractivity contribution >= 4 is 39.5 Å². The number of carbonyl (C=O) groups is 4. The van der Waals surface area contributed by atoms with E-state index in [0.29, 0.717) is 25.7 Å². The van der Waals surface area contributed by atoms with Crippen molar-refractivity contribution in [3.05, 3.63) is 0 Å². The van der Waals surface area contributed by atoms with Crippen molar-refractivity contribution in [1.29, 1.82) is 0 Å². The first-order chi connectivity index (χ1) is 39.8. The van der Waals surface area contributed by atoms with Crippen LogP contribution in [0.1, 0.15) is 312 Å². The third-order valence-electron chi connectivity index (χ3n) is 15.4. The molecule has 3 N–H and O–H groups in total. The summed E-state index contributed by atoms with van der Waals surface area (Å²) in [6.07, 6.45) is 36.5. The minimum Gasteiger partial charge on any atom is -0.462 e. The number of phosphoric ester groups is 2. The lowest BCUT2D eigenvalue weighted by atomic mass is 9.99. The van der Waals surface area contributed by atoms with Crippen molar-refractivity contribution in [3.63, 3.8) is 0 Å². The second-order valence-electron chi connectivity index (χ2n) is 24.1. The average Bonchev–Trinajstić information content (AvgIpc) is 3.45. The molecular formula is C64H124O17P2. The highest BCUT2D eigenvalue weighted by atomic mass is 31.2. The smallest absolute Gasteiger partial charge is 0.462 e. The molecule has 4 unspecified atom stereocenters. The SMILES string of the molecule is CCCCCCCC(=O)OC[C@H](COP(=O)(O)OC[C@H](O)COP(=O)(O)OC[C@@H](COC(=O)CCCCCCCCCCC(C)CC)OC(=O)CCCCCCCCCCCCCCCC(C)C)OC(=O)CCCCCCCCC(C)CC. The number of esters is 4. The van der Waals surface area contributed by atoms with Crippen LogP contribution in [-0.2, 0) is 65.4 Å². The third-order valence-corrected chi connectivity index (χ3v) is 17.3. The molecule has 0 fully saturated rings. The monoisotopic (exact) mass is 1230 g/mol. The van der Waals surface area contributed by atoms with Gasteiger partial charge in [-0.2, -0.15) is 0 Å². The van der Waals surface area contributed by atoms with E-state index in [1.54, 1.807) is 0 Å². The Morgan fingerprint density at radius 3 is 0.916 bits per heavy atom. The quantitative estimate of drug-likeness (QED) is 0.0222. The second-order valence-corrected chi connectivity index (χ2v) is 27.0. The molecule has 83 heavy (non-hydrogen) atoms. The van der Waals surface area contributed by atoms with Crippen LogP contribution >= 0.6 is 15.6 Å². The molecule has 0 amide bonds. The standard InChI is InChI=1S/C64H124O17P2/c1-8-11-12-28-38-45-61(66)74-51-59(81-64(69)48-41-34-27-26-31-37-44-57(7)10-3)53-78-82(70,71)76-49-58(65)50-77-83(72,73)79-54-60(52-75-62(67)46-39-32-24-21-20-23-30-36-43-56(6)9-2)80-63(68)47-40-33-25-19-17-15-13-14-16-18-22-29-35-42-55(4)5/h55-60,65H,8-54H2,1-7H3,(H,70,71)(H,72,73)/t56?,57?,58-,59+,60+/m0/s1. The van der Waals surface area contributed by atoms with Gasteiger partial charge in [0.15, 0.2) is 12.2 Å². The summed E-state index contributed by atoms with van der Waals surface area (Å²) in [7, 11) is -9.88. The van der Waals surface area contributed by atoms with Crippen LogP contribution in [-0.4, -0.2) is 96.7 Å². The maximum Gasteiger partial charge on any atom is 0.472 e. The van der Waals surface area contributed by atoms with E-state index in [1.165, 1.54) is 116 Å². The van der Waals surface area contributed by atoms with Crippen molar-refractivity contribution in [3.8, 4) is 0 Å². The van der Waals surface area contributed by atoms with Crippen LogP contribution in [0.15, 0.2) is 0 Å². The molecule has 0 aromatic carbocycles. The number of aliphatic hydroxyl groups excluding tert-OH is 1. The van der Waals surface area contributed by atoms with Crippen molar-refractivity contribution in [2.45, 2.75) is 330 Å². The van der Waals surface area contributed by atoms with Gasteiger partial charge in [0.1, 0.15) is 19.3 Å². The Labute approximate surface area is 505 Å². The van der Waals surface area contributed by atoms with Crippen molar-refractivity contribution < 1.29 is 80.2 Å². The van der Waals surface area contributed by atoms with E-state index < -0.39 is 97.5 Å². The van der Waals surface area contributed by atoms with Crippen LogP contribution in [0.3, 0.4) is 0 Å². The number of carbonyl (C=O) groups excluding carboxylic acids is 4. The minimum absolute atomic E-state index is 0.102. The van der Waals surface area contributed by atoms with Gasteiger partial charge in [0.05, 0.1) is 26.4 Å². The Morgan fingerprint density at radius 1 is 0.349 bits per heavy atom. The summed E-state index contributed by atoms with van der Waals surface area (Å²) in [4.78, 5) is 72.0. The zero-order valence-electron chi connectivity index (χ0n) is 53.6. The molecule has 0 heterocycles. The van der Waals surface area contributed by atoms with Gasteiger partial charge in [0.2, 0.25) is 0 Å². The van der Waals surface area contributed by atoms with Gasteiger partial charge in [-0.3, -0.25) is 37.3 Å². The van der Waals surface area contributed by atoms with Gasteiger partial charge >= 0.3 is 39.5 Å². The second kappa shape index (κ2) is 55.4. The van der Waals surface area contributed by atoms with E-state index in [4.69, 9.17) is 37.0 Å². The number of hydrogen-bond acceptors (Lipinski definition) is 15. The Morgan fingerprint density at radius 2 is 0.614 bits per heavy atom. The fourth-order valence-electron chi connectivity index (χ4n) is 9.42. The van der Waals surface area contributed by atoms with E-state index in [2.05, 4.69) is 48.5 Å². The molecule has 0 aliphatic carbocycles. The fraction of sp³-hybridized carbons (Fsp3) is 0.938. The topological polar surface area (TPSA) is 237 Å². The molecule has 7 atom stereocenters. The number of unbranched alkanes of at least 4 members (excludes halogenated alkanes) is 28. The van der Waals surface area contributed by atoms with Gasteiger partial charge in [-0.1, -0.05) is 260 Å². The minimum atomic E-state index is -4.95. The fourth-order valence-corrected chi connectivity index (χ4v) is 11.0. The van der Waals surface area contributed by atoms with Gasteiger partial charge in [-0.25, -0.2) is 9.13 Å². The average molecular weight is 1230 g/mol. The normalized spacial score (nSPS) is 15.0. The van der Waals surface area contributed by atoms with Gasteiger partial charge in [-0.15, -0.1) is 0 Å². The van der Waals surface area contributed by atoms with Crippen LogP contribution in [0, 0.1) is 17.8 Å². The van der Waals surface area contributed by atoms with Crippen molar-refractivity contribution in [1.82, 2.24) is 0 Å². The van der Waals surface area contributed by atoms with Crippen LogP contribution in [0.5, 0.6) is 0 Å². The number of rotatable bonds is 62. The maximum atomic E-state index is 13.0. The summed E-state index contributed by atoms with van der Waals surface area (Å²) in [6, 6.07) is 0. The summed E-state index contributed by atoms with van der Waals surface area (Å²) < 4.78 is 67.8. The first-order valence-electron chi connectivity index (χ1n) is 33.4. The van der Waals surface area contributed by atoms with Crippen LogP contribution in [0.25, 0.3) is 0 Å². The molecule has 0 spiro atoms. The van der Waals surface area contributed by atoms with Gasteiger partial charge in [0, 0.05) is 25.7 Å². The number of aliphatic hydroxyl groups is 1. The third kappa shape index (κ3) is 56.3. The molecule has 0 rings (SSSR count). The molecule has 0 aliphatic rings. The van der Waals surface area contributed by atoms with E-state index in [1.807, 2.05) is 0 Å². The van der Waals surface area contributed by atoms with Crippen LogP contribution in [0.4, 0.5) is 0 Å². The summed E-state index contributed by atoms with van der Waals surface area (Å²) in [5.74, 6) is 0.136. The molecule has 0 aliphatic heterocycles. The van der Waals surface area contributed by atoms with E-state index in [-0.39, 0.29) is 25.7 Å². The largest absolute Gasteiger partial charge is 0.472 e. The van der Waals surface area contributed by atoms with Crippen LogP contribution < -0.4 is 0 Å². The molecular weight excluding hydrogens is 1100 g/mol. The molecule has 17 nitrogen and oxygen atoms in total. The number of ether oxygens (including phenoxy) is 4. The maximum absolute atomic E-state index is 13.0. The summed E-state index contributed by atoms with van der Waals surface area (Å²) in [5.41, 5.74) is 0. The lowest BCUT2D eigenvalue weighted by Crippen LogP contribution is -2.30. The molecule has 0 aromatic rings. The molecule has 0 bridgehead atoms. The zero-order valence-corrected chi connectivity index (χ0v) is 55.4.